The van der Waals surface area contributed by atoms with E-state index in [1.54, 1.807) is 0 Å². The van der Waals surface area contributed by atoms with E-state index < -0.39 is 32.8 Å². The average Bonchev–Trinajstić information content (AvgIpc) is 2.54. The van der Waals surface area contributed by atoms with E-state index in [1.165, 1.54) is 18.2 Å². The molecule has 0 heterocycles. The van der Waals surface area contributed by atoms with Gasteiger partial charge in [0.05, 0.1) is 17.0 Å². The summed E-state index contributed by atoms with van der Waals surface area (Å²) in [5.41, 5.74) is -1.58. The molecule has 23 heavy (non-hydrogen) atoms. The molecule has 2 aromatic carbocycles. The minimum absolute atomic E-state index is 0.208. The summed E-state index contributed by atoms with van der Waals surface area (Å²) in [6.07, 6.45) is 0. The molecule has 0 atom stereocenters. The molecule has 9 heteroatoms. The van der Waals surface area contributed by atoms with E-state index in [0.29, 0.717) is 0 Å². The third-order valence-electron chi connectivity index (χ3n) is 3.08. The van der Waals surface area contributed by atoms with Crippen molar-refractivity contribution in [2.45, 2.75) is 0 Å². The van der Waals surface area contributed by atoms with Gasteiger partial charge in [0.2, 0.25) is 5.75 Å². The Morgan fingerprint density at radius 3 is 2.26 bits per heavy atom. The summed E-state index contributed by atoms with van der Waals surface area (Å²) in [6, 6.07) is 7.16. The molecule has 0 saturated carbocycles. The van der Waals surface area contributed by atoms with E-state index in [4.69, 9.17) is 4.74 Å². The minimum atomic E-state index is -0.881. The number of para-hydroxylation sites is 1. The number of hydrogen-bond acceptors (Lipinski definition) is 7. The lowest BCUT2D eigenvalue weighted by atomic mass is 10.0. The third kappa shape index (κ3) is 2.93. The van der Waals surface area contributed by atoms with E-state index in [1.807, 2.05) is 0 Å². The van der Waals surface area contributed by atoms with Gasteiger partial charge in [0.25, 0.3) is 5.69 Å². The molecule has 0 aliphatic heterocycles. The first-order valence-electron chi connectivity index (χ1n) is 6.20. The second-order valence-electron chi connectivity index (χ2n) is 4.41. The quantitative estimate of drug-likeness (QED) is 0.508. The van der Waals surface area contributed by atoms with Crippen LogP contribution in [0.2, 0.25) is 0 Å². The van der Waals surface area contributed by atoms with Gasteiger partial charge in [-0.25, -0.2) is 0 Å². The van der Waals surface area contributed by atoms with Crippen LogP contribution in [-0.4, -0.2) is 27.8 Å². The van der Waals surface area contributed by atoms with Gasteiger partial charge in [-0.15, -0.1) is 0 Å². The monoisotopic (exact) mass is 318 g/mol. The molecule has 0 aromatic heterocycles. The van der Waals surface area contributed by atoms with Crippen LogP contribution < -0.4 is 4.74 Å². The number of ketones is 1. The minimum Gasteiger partial charge on any atom is -0.500 e. The highest BCUT2D eigenvalue weighted by Crippen LogP contribution is 2.37. The maximum atomic E-state index is 12.5. The number of nitro groups is 2. The van der Waals surface area contributed by atoms with Crippen molar-refractivity contribution in [2.75, 3.05) is 7.11 Å². The van der Waals surface area contributed by atoms with Crippen LogP contribution in [-0.2, 0) is 0 Å². The van der Waals surface area contributed by atoms with E-state index in [9.17, 15) is 30.1 Å². The predicted molar refractivity (Wildman–Crippen MR) is 77.8 cm³/mol. The first kappa shape index (κ1) is 15.9. The second kappa shape index (κ2) is 6.10. The van der Waals surface area contributed by atoms with Crippen LogP contribution in [0.5, 0.6) is 11.5 Å². The van der Waals surface area contributed by atoms with Crippen molar-refractivity contribution in [2.24, 2.45) is 0 Å². The van der Waals surface area contributed by atoms with Crippen molar-refractivity contribution in [3.8, 4) is 11.5 Å². The Morgan fingerprint density at radius 2 is 1.70 bits per heavy atom. The number of nitro benzene ring substituents is 2. The number of rotatable bonds is 5. The number of methoxy groups -OCH3 is 1. The van der Waals surface area contributed by atoms with Crippen LogP contribution in [0.3, 0.4) is 0 Å². The normalized spacial score (nSPS) is 10.1. The summed E-state index contributed by atoms with van der Waals surface area (Å²) in [5.74, 6) is -1.79. The summed E-state index contributed by atoms with van der Waals surface area (Å²) in [5, 5.41) is 31.6. The number of benzene rings is 2. The molecule has 0 radical (unpaired) electrons. The molecule has 0 amide bonds. The first-order valence-corrected chi connectivity index (χ1v) is 6.20. The molecule has 118 valence electrons. The van der Waals surface area contributed by atoms with Crippen molar-refractivity contribution in [1.29, 1.82) is 0 Å². The number of phenolic OH excluding ortho intramolecular Hbond substituents is 1. The summed E-state index contributed by atoms with van der Waals surface area (Å²) >= 11 is 0. The third-order valence-corrected chi connectivity index (χ3v) is 3.08. The van der Waals surface area contributed by atoms with Gasteiger partial charge >= 0.3 is 5.69 Å². The Hall–Kier alpha value is -3.49. The Kier molecular flexibility index (Phi) is 4.21. The maximum Gasteiger partial charge on any atom is 0.315 e. The smallest absolute Gasteiger partial charge is 0.315 e. The number of ether oxygens (including phenoxy) is 1. The van der Waals surface area contributed by atoms with Crippen LogP contribution >= 0.6 is 0 Å². The van der Waals surface area contributed by atoms with Gasteiger partial charge in [-0.3, -0.25) is 25.0 Å². The standard InChI is InChI=1S/C14H10N2O7/c1-23-12-7-8(6-11(14(12)18)16(21)22)13(17)9-4-2-3-5-10(9)15(19)20/h2-7,18H,1H3. The maximum absolute atomic E-state index is 12.5. The van der Waals surface area contributed by atoms with E-state index in [0.717, 1.165) is 25.3 Å². The Morgan fingerprint density at radius 1 is 1.09 bits per heavy atom. The molecule has 0 aliphatic carbocycles. The van der Waals surface area contributed by atoms with Crippen molar-refractivity contribution >= 4 is 17.2 Å². The number of aromatic hydroxyl groups is 1. The van der Waals surface area contributed by atoms with Crippen molar-refractivity contribution in [3.05, 3.63) is 67.8 Å². The highest BCUT2D eigenvalue weighted by atomic mass is 16.6. The van der Waals surface area contributed by atoms with E-state index >= 15 is 0 Å². The fourth-order valence-electron chi connectivity index (χ4n) is 2.00. The SMILES string of the molecule is COc1cc(C(=O)c2ccccc2[N+](=O)[O-])cc([N+](=O)[O-])c1O. The zero-order valence-corrected chi connectivity index (χ0v) is 11.8. The Bertz CT molecular complexity index is 817. The van der Waals surface area contributed by atoms with Gasteiger partial charge in [-0.2, -0.15) is 0 Å². The molecule has 0 spiro atoms. The van der Waals surface area contributed by atoms with Crippen LogP contribution in [0.15, 0.2) is 36.4 Å². The average molecular weight is 318 g/mol. The molecule has 2 rings (SSSR count). The lowest BCUT2D eigenvalue weighted by Crippen LogP contribution is -2.06. The van der Waals surface area contributed by atoms with Gasteiger partial charge in [0.15, 0.2) is 11.5 Å². The van der Waals surface area contributed by atoms with E-state index in [2.05, 4.69) is 0 Å². The van der Waals surface area contributed by atoms with Crippen molar-refractivity contribution in [1.82, 2.24) is 0 Å². The molecular formula is C14H10N2O7. The highest BCUT2D eigenvalue weighted by molar-refractivity contribution is 6.12. The van der Waals surface area contributed by atoms with Crippen LogP contribution in [0, 0.1) is 20.2 Å². The summed E-state index contributed by atoms with van der Waals surface area (Å²) in [6.45, 7) is 0. The zero-order valence-electron chi connectivity index (χ0n) is 11.8. The summed E-state index contributed by atoms with van der Waals surface area (Å²) < 4.78 is 4.80. The zero-order chi connectivity index (χ0) is 17.1. The fraction of sp³-hybridized carbons (Fsp3) is 0.0714. The number of carbonyl (C=O) groups is 1. The molecule has 0 aliphatic rings. The first-order chi connectivity index (χ1) is 10.9. The van der Waals surface area contributed by atoms with Gasteiger partial charge in [0.1, 0.15) is 5.56 Å². The largest absolute Gasteiger partial charge is 0.500 e. The molecule has 0 saturated heterocycles. The van der Waals surface area contributed by atoms with Crippen LogP contribution in [0.25, 0.3) is 0 Å². The molecule has 1 N–H and O–H groups in total. The molecular weight excluding hydrogens is 308 g/mol. The summed E-state index contributed by atoms with van der Waals surface area (Å²) in [4.78, 5) is 32.8. The van der Waals surface area contributed by atoms with Crippen molar-refractivity contribution in [3.63, 3.8) is 0 Å². The van der Waals surface area contributed by atoms with Crippen LogP contribution in [0.1, 0.15) is 15.9 Å². The number of carbonyl (C=O) groups excluding carboxylic acids is 1. The lowest BCUT2D eigenvalue weighted by molar-refractivity contribution is -0.386. The van der Waals surface area contributed by atoms with Crippen LogP contribution in [0.4, 0.5) is 11.4 Å². The topological polar surface area (TPSA) is 133 Å². The van der Waals surface area contributed by atoms with Gasteiger partial charge in [-0.05, 0) is 12.1 Å². The Balaban J connectivity index is 2.63. The number of hydrogen-bond donors (Lipinski definition) is 1. The van der Waals surface area contributed by atoms with Gasteiger partial charge < -0.3 is 9.84 Å². The highest BCUT2D eigenvalue weighted by Gasteiger charge is 2.26. The number of phenols is 1. The second-order valence-corrected chi connectivity index (χ2v) is 4.41. The molecule has 0 bridgehead atoms. The predicted octanol–water partition coefficient (Wildman–Crippen LogP) is 2.45. The molecule has 0 unspecified atom stereocenters. The summed E-state index contributed by atoms with van der Waals surface area (Å²) in [7, 11) is 1.16. The van der Waals surface area contributed by atoms with Crippen molar-refractivity contribution < 1.29 is 24.5 Å². The van der Waals surface area contributed by atoms with E-state index in [-0.39, 0.29) is 16.9 Å². The van der Waals surface area contributed by atoms with Gasteiger partial charge in [-0.1, -0.05) is 12.1 Å². The molecule has 9 nitrogen and oxygen atoms in total. The lowest BCUT2D eigenvalue weighted by Gasteiger charge is -2.07. The molecule has 0 fully saturated rings. The number of nitrogens with zero attached hydrogens (tertiary/aromatic N) is 2. The Labute approximate surface area is 129 Å². The van der Waals surface area contributed by atoms with Gasteiger partial charge in [0, 0.05) is 17.7 Å². The fourth-order valence-corrected chi connectivity index (χ4v) is 2.00. The molecule has 2 aromatic rings.